The average Bonchev–Trinajstić information content (AvgIpc) is 2.52. The monoisotopic (exact) mass is 166 g/mol. The van der Waals surface area contributed by atoms with Crippen molar-refractivity contribution in [3.63, 3.8) is 0 Å². The normalized spacial score (nSPS) is 17.8. The highest BCUT2D eigenvalue weighted by Crippen LogP contribution is 2.23. The van der Waals surface area contributed by atoms with Crippen LogP contribution in [0.1, 0.15) is 30.3 Å². The minimum atomic E-state index is -0.280. The first kappa shape index (κ1) is 7.80. The van der Waals surface area contributed by atoms with Gasteiger partial charge in [-0.15, -0.1) is 0 Å². The third-order valence-electron chi connectivity index (χ3n) is 2.38. The molecule has 12 heavy (non-hydrogen) atoms. The van der Waals surface area contributed by atoms with E-state index < -0.39 is 0 Å². The van der Waals surface area contributed by atoms with E-state index in [0.717, 1.165) is 18.5 Å². The number of aryl methyl sites for hydroxylation is 1. The second kappa shape index (κ2) is 2.90. The Balaban J connectivity index is 2.22. The van der Waals surface area contributed by atoms with E-state index in [1.54, 1.807) is 6.92 Å². The van der Waals surface area contributed by atoms with Crippen molar-refractivity contribution in [2.75, 3.05) is 0 Å². The molecule has 0 aromatic carbocycles. The summed E-state index contributed by atoms with van der Waals surface area (Å²) in [5.41, 5.74) is 3.71. The number of aromatic amines is 1. The number of hydrogen-bond acceptors (Lipinski definition) is 2. The molecule has 3 heteroatoms. The number of fused-ring (bicyclic) bond motifs is 1. The first-order valence-electron chi connectivity index (χ1n) is 4.50. The molecule has 3 nitrogen and oxygen atoms in total. The van der Waals surface area contributed by atoms with Crippen LogP contribution < -0.4 is 0 Å². The molecule has 0 unspecified atom stereocenters. The van der Waals surface area contributed by atoms with Crippen molar-refractivity contribution in [3.05, 3.63) is 17.0 Å². The van der Waals surface area contributed by atoms with Crippen molar-refractivity contribution in [1.29, 1.82) is 0 Å². The standard InChI is InChI=1S/C9H14N2O/c1-6(12)5-9-7-3-2-4-8(7)10-11-9/h6,12H,2-5H2,1H3,(H,10,11)/t6-/m1/s1. The van der Waals surface area contributed by atoms with Gasteiger partial charge in [-0.2, -0.15) is 5.10 Å². The minimum absolute atomic E-state index is 0.280. The molecule has 0 amide bonds. The first-order valence-corrected chi connectivity index (χ1v) is 4.50. The molecule has 2 N–H and O–H groups in total. The van der Waals surface area contributed by atoms with Crippen LogP contribution in [0.25, 0.3) is 0 Å². The molecule has 0 fully saturated rings. The molecule has 0 saturated carbocycles. The number of aliphatic hydroxyl groups excluding tert-OH is 1. The fourth-order valence-electron chi connectivity index (χ4n) is 1.84. The predicted molar refractivity (Wildman–Crippen MR) is 46.0 cm³/mol. The maximum Gasteiger partial charge on any atom is 0.0682 e. The summed E-state index contributed by atoms with van der Waals surface area (Å²) in [7, 11) is 0. The molecule has 1 atom stereocenters. The van der Waals surface area contributed by atoms with Gasteiger partial charge < -0.3 is 5.11 Å². The number of H-pyrrole nitrogens is 1. The Morgan fingerprint density at radius 3 is 3.17 bits per heavy atom. The number of aliphatic hydroxyl groups is 1. The van der Waals surface area contributed by atoms with Crippen molar-refractivity contribution in [2.45, 2.75) is 38.7 Å². The van der Waals surface area contributed by atoms with Crippen LogP contribution in [0.2, 0.25) is 0 Å². The van der Waals surface area contributed by atoms with Crippen molar-refractivity contribution in [3.8, 4) is 0 Å². The van der Waals surface area contributed by atoms with Gasteiger partial charge in [0.05, 0.1) is 11.8 Å². The zero-order chi connectivity index (χ0) is 8.55. The lowest BCUT2D eigenvalue weighted by Crippen LogP contribution is -2.06. The maximum absolute atomic E-state index is 9.20. The van der Waals surface area contributed by atoms with Gasteiger partial charge in [-0.25, -0.2) is 0 Å². The Hall–Kier alpha value is -0.830. The van der Waals surface area contributed by atoms with Crippen LogP contribution in [-0.2, 0) is 19.3 Å². The molecule has 1 aromatic rings. The summed E-state index contributed by atoms with van der Waals surface area (Å²) >= 11 is 0. The summed E-state index contributed by atoms with van der Waals surface area (Å²) in [6, 6.07) is 0. The number of nitrogens with zero attached hydrogens (tertiary/aromatic N) is 1. The summed E-state index contributed by atoms with van der Waals surface area (Å²) in [6.07, 6.45) is 3.90. The largest absolute Gasteiger partial charge is 0.393 e. The molecule has 0 spiro atoms. The number of rotatable bonds is 2. The van der Waals surface area contributed by atoms with Crippen LogP contribution in [0, 0.1) is 0 Å². The first-order chi connectivity index (χ1) is 5.77. The lowest BCUT2D eigenvalue weighted by Gasteiger charge is -2.01. The fourth-order valence-corrected chi connectivity index (χ4v) is 1.84. The lowest BCUT2D eigenvalue weighted by atomic mass is 10.1. The molecular weight excluding hydrogens is 152 g/mol. The van der Waals surface area contributed by atoms with Gasteiger partial charge >= 0.3 is 0 Å². The Morgan fingerprint density at radius 2 is 2.42 bits per heavy atom. The van der Waals surface area contributed by atoms with E-state index >= 15 is 0 Å². The molecule has 0 bridgehead atoms. The van der Waals surface area contributed by atoms with Crippen molar-refractivity contribution < 1.29 is 5.11 Å². The van der Waals surface area contributed by atoms with E-state index in [1.165, 1.54) is 17.7 Å². The molecule has 0 saturated heterocycles. The van der Waals surface area contributed by atoms with Gasteiger partial charge in [0.2, 0.25) is 0 Å². The van der Waals surface area contributed by atoms with E-state index in [0.29, 0.717) is 6.42 Å². The third kappa shape index (κ3) is 1.25. The van der Waals surface area contributed by atoms with E-state index in [-0.39, 0.29) is 6.10 Å². The average molecular weight is 166 g/mol. The van der Waals surface area contributed by atoms with Crippen molar-refractivity contribution >= 4 is 0 Å². The van der Waals surface area contributed by atoms with E-state index in [9.17, 15) is 5.11 Å². The summed E-state index contributed by atoms with van der Waals surface area (Å²) in [6.45, 7) is 1.80. The smallest absolute Gasteiger partial charge is 0.0682 e. The number of hydrogen-bond donors (Lipinski definition) is 2. The molecule has 0 aliphatic heterocycles. The maximum atomic E-state index is 9.20. The van der Waals surface area contributed by atoms with Crippen LogP contribution in [0.4, 0.5) is 0 Å². The van der Waals surface area contributed by atoms with Gasteiger partial charge in [-0.1, -0.05) is 0 Å². The fraction of sp³-hybridized carbons (Fsp3) is 0.667. The van der Waals surface area contributed by atoms with E-state index in [1.807, 2.05) is 0 Å². The van der Waals surface area contributed by atoms with Crippen LogP contribution in [-0.4, -0.2) is 21.4 Å². The molecule has 1 aromatic heterocycles. The van der Waals surface area contributed by atoms with Gasteiger partial charge in [0.15, 0.2) is 0 Å². The van der Waals surface area contributed by atoms with Crippen molar-refractivity contribution in [2.24, 2.45) is 0 Å². The predicted octanol–water partition coefficient (Wildman–Crippen LogP) is 0.822. The van der Waals surface area contributed by atoms with Crippen molar-refractivity contribution in [1.82, 2.24) is 10.2 Å². The summed E-state index contributed by atoms with van der Waals surface area (Å²) in [5.74, 6) is 0. The zero-order valence-electron chi connectivity index (χ0n) is 7.30. The van der Waals surface area contributed by atoms with Gasteiger partial charge in [-0.3, -0.25) is 5.10 Å². The summed E-state index contributed by atoms with van der Waals surface area (Å²) < 4.78 is 0. The highest BCUT2D eigenvalue weighted by Gasteiger charge is 2.18. The summed E-state index contributed by atoms with van der Waals surface area (Å²) in [4.78, 5) is 0. The minimum Gasteiger partial charge on any atom is -0.393 e. The SMILES string of the molecule is C[C@@H](O)Cc1n[nH]c2c1CCC2. The third-order valence-corrected chi connectivity index (χ3v) is 2.38. The number of aromatic nitrogens is 2. The second-order valence-corrected chi connectivity index (χ2v) is 3.53. The zero-order valence-corrected chi connectivity index (χ0v) is 7.30. The molecule has 1 heterocycles. The lowest BCUT2D eigenvalue weighted by molar-refractivity contribution is 0.194. The number of nitrogens with one attached hydrogen (secondary N) is 1. The quantitative estimate of drug-likeness (QED) is 0.683. The van der Waals surface area contributed by atoms with Gasteiger partial charge in [0, 0.05) is 12.1 Å². The molecule has 0 radical (unpaired) electrons. The molecule has 2 rings (SSSR count). The van der Waals surface area contributed by atoms with Gasteiger partial charge in [0.25, 0.3) is 0 Å². The summed E-state index contributed by atoms with van der Waals surface area (Å²) in [5, 5.41) is 16.4. The molecule has 1 aliphatic carbocycles. The van der Waals surface area contributed by atoms with Crippen LogP contribution in [0.3, 0.4) is 0 Å². The highest BCUT2D eigenvalue weighted by atomic mass is 16.3. The van der Waals surface area contributed by atoms with Gasteiger partial charge in [-0.05, 0) is 31.7 Å². The Labute approximate surface area is 71.8 Å². The van der Waals surface area contributed by atoms with Crippen LogP contribution in [0.15, 0.2) is 0 Å². The topological polar surface area (TPSA) is 48.9 Å². The molecule has 66 valence electrons. The Bertz CT molecular complexity index is 278. The molecular formula is C9H14N2O. The molecule has 1 aliphatic rings. The second-order valence-electron chi connectivity index (χ2n) is 3.53. The Morgan fingerprint density at radius 1 is 1.58 bits per heavy atom. The van der Waals surface area contributed by atoms with E-state index in [4.69, 9.17) is 0 Å². The van der Waals surface area contributed by atoms with Crippen LogP contribution >= 0.6 is 0 Å². The van der Waals surface area contributed by atoms with E-state index in [2.05, 4.69) is 10.2 Å². The van der Waals surface area contributed by atoms with Crippen LogP contribution in [0.5, 0.6) is 0 Å². The highest BCUT2D eigenvalue weighted by molar-refractivity contribution is 5.29. The Kier molecular flexibility index (Phi) is 1.89. The van der Waals surface area contributed by atoms with Gasteiger partial charge in [0.1, 0.15) is 0 Å².